The SMILES string of the molecule is CNC(=O)C1=CC2C(C(C(=O)NC)=C1)[C@]1(C)CC[C@H]3C(C)(C)CCC[C@]3(C)[C@H]1CS2(=O)=O. The lowest BCUT2D eigenvalue weighted by molar-refractivity contribution is -0.139. The molecular formula is C25H38N2O4S. The molecule has 4 aliphatic rings. The first-order valence-electron chi connectivity index (χ1n) is 11.9. The Bertz CT molecular complexity index is 1010. The van der Waals surface area contributed by atoms with Gasteiger partial charge in [0.25, 0.3) is 5.91 Å². The van der Waals surface area contributed by atoms with E-state index in [0.717, 1.165) is 25.7 Å². The zero-order chi connectivity index (χ0) is 23.7. The van der Waals surface area contributed by atoms with Crippen LogP contribution < -0.4 is 10.6 Å². The number of hydrogen-bond donors (Lipinski definition) is 2. The van der Waals surface area contributed by atoms with E-state index >= 15 is 0 Å². The molecule has 1 heterocycles. The molecule has 2 unspecified atom stereocenters. The van der Waals surface area contributed by atoms with Gasteiger partial charge in [0.05, 0.1) is 11.0 Å². The van der Waals surface area contributed by atoms with Crippen molar-refractivity contribution in [1.82, 2.24) is 10.6 Å². The predicted molar refractivity (Wildman–Crippen MR) is 125 cm³/mol. The first kappa shape index (κ1) is 23.5. The number of hydrogen-bond acceptors (Lipinski definition) is 4. The van der Waals surface area contributed by atoms with Crippen LogP contribution in [0, 0.1) is 34.0 Å². The molecule has 0 aromatic heterocycles. The largest absolute Gasteiger partial charge is 0.355 e. The number of rotatable bonds is 2. The first-order valence-corrected chi connectivity index (χ1v) is 13.6. The summed E-state index contributed by atoms with van der Waals surface area (Å²) in [5.41, 5.74) is 0.485. The van der Waals surface area contributed by atoms with E-state index in [1.807, 2.05) is 0 Å². The van der Waals surface area contributed by atoms with E-state index in [2.05, 4.69) is 38.3 Å². The maximum Gasteiger partial charge on any atom is 0.250 e. The Kier molecular flexibility index (Phi) is 5.47. The summed E-state index contributed by atoms with van der Waals surface area (Å²) < 4.78 is 27.5. The normalized spacial score (nSPS) is 41.7. The predicted octanol–water partition coefficient (Wildman–Crippen LogP) is 3.01. The Morgan fingerprint density at radius 3 is 2.22 bits per heavy atom. The monoisotopic (exact) mass is 462 g/mol. The number of amides is 2. The standard InChI is InChI=1S/C25H38N2O4S/c1-23(2)9-7-10-24(3)18(23)8-11-25(4)19(24)14-32(30,31)17-13-15(21(28)26-5)12-16(20(17)25)22(29)27-6/h12-13,17-20H,7-11,14H2,1-6H3,(H,26,28)(H,27,29)/t17?,18-,19+,20?,24-,25+/m0/s1. The van der Waals surface area contributed by atoms with Crippen LogP contribution >= 0.6 is 0 Å². The zero-order valence-electron chi connectivity index (χ0n) is 20.2. The summed E-state index contributed by atoms with van der Waals surface area (Å²) in [6, 6.07) is 0. The van der Waals surface area contributed by atoms with Gasteiger partial charge < -0.3 is 10.6 Å². The van der Waals surface area contributed by atoms with E-state index in [9.17, 15) is 18.0 Å². The number of nitrogens with one attached hydrogen (secondary N) is 2. The molecule has 178 valence electrons. The van der Waals surface area contributed by atoms with Gasteiger partial charge in [-0.25, -0.2) is 8.42 Å². The van der Waals surface area contributed by atoms with Gasteiger partial charge in [0.1, 0.15) is 0 Å². The third-order valence-corrected chi connectivity index (χ3v) is 11.7. The molecule has 0 bridgehead atoms. The van der Waals surface area contributed by atoms with Gasteiger partial charge in [0.15, 0.2) is 9.84 Å². The summed E-state index contributed by atoms with van der Waals surface area (Å²) in [6.07, 6.45) is 8.50. The van der Waals surface area contributed by atoms with Gasteiger partial charge in [0, 0.05) is 31.2 Å². The summed E-state index contributed by atoms with van der Waals surface area (Å²) in [5, 5.41) is 4.44. The first-order chi connectivity index (χ1) is 14.8. The topological polar surface area (TPSA) is 92.3 Å². The molecule has 0 spiro atoms. The average Bonchev–Trinajstić information content (AvgIpc) is 2.73. The van der Waals surface area contributed by atoms with Crippen LogP contribution in [-0.4, -0.2) is 45.3 Å². The fraction of sp³-hybridized carbons (Fsp3) is 0.760. The van der Waals surface area contributed by atoms with Crippen molar-refractivity contribution >= 4 is 21.7 Å². The molecule has 3 aliphatic carbocycles. The Balaban J connectivity index is 1.89. The highest BCUT2D eigenvalue weighted by Gasteiger charge is 2.66. The molecule has 7 heteroatoms. The van der Waals surface area contributed by atoms with Crippen LogP contribution in [0.4, 0.5) is 0 Å². The summed E-state index contributed by atoms with van der Waals surface area (Å²) in [7, 11) is -0.464. The van der Waals surface area contributed by atoms with Crippen molar-refractivity contribution in [1.29, 1.82) is 0 Å². The van der Waals surface area contributed by atoms with Crippen LogP contribution in [0.5, 0.6) is 0 Å². The minimum atomic E-state index is -3.54. The third kappa shape index (κ3) is 3.21. The van der Waals surface area contributed by atoms with Crippen molar-refractivity contribution in [2.75, 3.05) is 19.8 Å². The minimum absolute atomic E-state index is 0.0115. The van der Waals surface area contributed by atoms with E-state index in [4.69, 9.17) is 0 Å². The van der Waals surface area contributed by atoms with Crippen molar-refractivity contribution < 1.29 is 18.0 Å². The molecule has 1 aliphatic heterocycles. The Labute approximate surface area is 192 Å². The van der Waals surface area contributed by atoms with Crippen molar-refractivity contribution in [3.05, 3.63) is 23.3 Å². The number of carbonyl (C=O) groups excluding carboxylic acids is 2. The minimum Gasteiger partial charge on any atom is -0.355 e. The quantitative estimate of drug-likeness (QED) is 0.660. The molecule has 2 amide bonds. The van der Waals surface area contributed by atoms with Gasteiger partial charge in [0.2, 0.25) is 5.91 Å². The van der Waals surface area contributed by atoms with Gasteiger partial charge in [-0.2, -0.15) is 0 Å². The van der Waals surface area contributed by atoms with Crippen molar-refractivity contribution in [3.63, 3.8) is 0 Å². The highest BCUT2D eigenvalue weighted by atomic mass is 32.2. The zero-order valence-corrected chi connectivity index (χ0v) is 21.1. The third-order valence-electron chi connectivity index (χ3n) is 9.66. The van der Waals surface area contributed by atoms with Crippen LogP contribution in [0.3, 0.4) is 0 Å². The van der Waals surface area contributed by atoms with Crippen molar-refractivity contribution in [2.24, 2.45) is 34.0 Å². The lowest BCUT2D eigenvalue weighted by Crippen LogP contribution is -2.64. The second-order valence-electron chi connectivity index (χ2n) is 11.6. The molecule has 3 fully saturated rings. The summed E-state index contributed by atoms with van der Waals surface area (Å²) in [5.74, 6) is -0.502. The fourth-order valence-corrected chi connectivity index (χ4v) is 10.9. The van der Waals surface area contributed by atoms with Crippen LogP contribution in [0.15, 0.2) is 23.3 Å². The van der Waals surface area contributed by atoms with Crippen LogP contribution in [0.1, 0.15) is 59.8 Å². The van der Waals surface area contributed by atoms with E-state index < -0.39 is 21.0 Å². The van der Waals surface area contributed by atoms with Gasteiger partial charge in [-0.3, -0.25) is 9.59 Å². The highest BCUT2D eigenvalue weighted by molar-refractivity contribution is 7.92. The molecule has 0 radical (unpaired) electrons. The molecule has 6 nitrogen and oxygen atoms in total. The highest BCUT2D eigenvalue weighted by Crippen LogP contribution is 2.69. The lowest BCUT2D eigenvalue weighted by Gasteiger charge is -2.66. The van der Waals surface area contributed by atoms with Gasteiger partial charge in [-0.1, -0.05) is 40.2 Å². The van der Waals surface area contributed by atoms with Crippen molar-refractivity contribution in [3.8, 4) is 0 Å². The summed E-state index contributed by atoms with van der Waals surface area (Å²) in [4.78, 5) is 25.5. The molecule has 0 aromatic rings. The van der Waals surface area contributed by atoms with Crippen LogP contribution in [-0.2, 0) is 19.4 Å². The molecule has 1 saturated heterocycles. The maximum absolute atomic E-state index is 13.8. The Hall–Kier alpha value is -1.63. The smallest absolute Gasteiger partial charge is 0.250 e. The second-order valence-corrected chi connectivity index (χ2v) is 13.9. The van der Waals surface area contributed by atoms with Crippen LogP contribution in [0.2, 0.25) is 0 Å². The average molecular weight is 463 g/mol. The van der Waals surface area contributed by atoms with Crippen molar-refractivity contribution in [2.45, 2.75) is 65.0 Å². The van der Waals surface area contributed by atoms with Gasteiger partial charge >= 0.3 is 0 Å². The molecule has 4 rings (SSSR count). The number of carbonyl (C=O) groups is 2. The summed E-state index contributed by atoms with van der Waals surface area (Å²) >= 11 is 0. The number of likely N-dealkylation sites (N-methyl/N-ethyl adjacent to an activating group) is 2. The number of fused-ring (bicyclic) bond motifs is 5. The lowest BCUT2D eigenvalue weighted by atomic mass is 9.41. The Morgan fingerprint density at radius 1 is 0.938 bits per heavy atom. The van der Waals surface area contributed by atoms with E-state index in [-0.39, 0.29) is 45.3 Å². The molecule has 0 aromatic carbocycles. The Morgan fingerprint density at radius 2 is 1.59 bits per heavy atom. The van der Waals surface area contributed by atoms with Crippen LogP contribution in [0.25, 0.3) is 0 Å². The summed E-state index contributed by atoms with van der Waals surface area (Å²) in [6.45, 7) is 9.20. The van der Waals surface area contributed by atoms with Gasteiger partial charge in [-0.15, -0.1) is 0 Å². The fourth-order valence-electron chi connectivity index (χ4n) is 8.22. The molecular weight excluding hydrogens is 424 g/mol. The molecule has 2 N–H and O–H groups in total. The molecule has 2 saturated carbocycles. The molecule has 32 heavy (non-hydrogen) atoms. The number of sulfone groups is 1. The van der Waals surface area contributed by atoms with E-state index in [0.29, 0.717) is 11.5 Å². The van der Waals surface area contributed by atoms with E-state index in [1.54, 1.807) is 19.2 Å². The van der Waals surface area contributed by atoms with E-state index in [1.165, 1.54) is 13.5 Å². The maximum atomic E-state index is 13.8. The molecule has 6 atom stereocenters. The second kappa shape index (κ2) is 7.44. The van der Waals surface area contributed by atoms with Gasteiger partial charge in [-0.05, 0) is 59.8 Å².